The maximum absolute atomic E-state index is 13.2. The Balaban J connectivity index is 1.52. The van der Waals surface area contributed by atoms with E-state index in [1.807, 2.05) is 59.6 Å². The molecule has 1 aliphatic heterocycles. The summed E-state index contributed by atoms with van der Waals surface area (Å²) in [5.74, 6) is 0.0656. The second-order valence-corrected chi connectivity index (χ2v) is 7.81. The van der Waals surface area contributed by atoms with Crippen molar-refractivity contribution in [2.24, 2.45) is 7.05 Å². The molecule has 0 atom stereocenters. The highest BCUT2D eigenvalue weighted by atomic mass is 32.1. The molecule has 1 aliphatic rings. The number of hydrogen-bond donors (Lipinski definition) is 1. The van der Waals surface area contributed by atoms with Gasteiger partial charge in [0, 0.05) is 20.3 Å². The van der Waals surface area contributed by atoms with Gasteiger partial charge in [0.15, 0.2) is 0 Å². The Bertz CT molecular complexity index is 897. The first kappa shape index (κ1) is 17.9. The van der Waals surface area contributed by atoms with E-state index in [0.717, 1.165) is 21.8 Å². The number of ether oxygens (including phenoxy) is 1. The Hall–Kier alpha value is -2.44. The average Bonchev–Trinajstić information content (AvgIpc) is 3.37. The molecule has 4 rings (SSSR count). The van der Waals surface area contributed by atoms with Gasteiger partial charge in [-0.1, -0.05) is 36.4 Å². The van der Waals surface area contributed by atoms with E-state index in [1.54, 1.807) is 11.3 Å². The molecule has 3 aromatic rings. The van der Waals surface area contributed by atoms with E-state index in [0.29, 0.717) is 32.6 Å². The van der Waals surface area contributed by atoms with Gasteiger partial charge in [0.05, 0.1) is 22.5 Å². The summed E-state index contributed by atoms with van der Waals surface area (Å²) in [4.78, 5) is 14.4. The number of amides is 1. The highest BCUT2D eigenvalue weighted by molar-refractivity contribution is 7.13. The van der Waals surface area contributed by atoms with Crippen molar-refractivity contribution in [2.75, 3.05) is 13.2 Å². The lowest BCUT2D eigenvalue weighted by Gasteiger charge is -2.36. The molecule has 0 saturated carbocycles. The van der Waals surface area contributed by atoms with Crippen molar-refractivity contribution in [3.05, 3.63) is 65.2 Å². The first-order valence-corrected chi connectivity index (χ1v) is 10.1. The van der Waals surface area contributed by atoms with Crippen molar-refractivity contribution in [3.63, 3.8) is 0 Å². The number of carbonyl (C=O) groups excluding carboxylic acids is 1. The fourth-order valence-electron chi connectivity index (χ4n) is 3.68. The number of carbonyl (C=O) groups is 1. The minimum Gasteiger partial charge on any atom is -0.381 e. The zero-order valence-electron chi connectivity index (χ0n) is 15.4. The SMILES string of the molecule is Cn1nc(-c2cccs2)cc1CNC(=O)C1(c2ccccc2)CCOCC1. The summed E-state index contributed by atoms with van der Waals surface area (Å²) in [6.45, 7) is 1.68. The third-order valence-corrected chi connectivity index (χ3v) is 6.18. The van der Waals surface area contributed by atoms with Gasteiger partial charge in [-0.15, -0.1) is 11.3 Å². The van der Waals surface area contributed by atoms with Gasteiger partial charge in [0.25, 0.3) is 0 Å². The van der Waals surface area contributed by atoms with Crippen LogP contribution in [0.4, 0.5) is 0 Å². The Morgan fingerprint density at radius 1 is 1.22 bits per heavy atom. The predicted octanol–water partition coefficient (Wildman–Crippen LogP) is 3.51. The molecule has 0 unspecified atom stereocenters. The summed E-state index contributed by atoms with van der Waals surface area (Å²) in [5.41, 5.74) is 2.48. The summed E-state index contributed by atoms with van der Waals surface area (Å²) in [6.07, 6.45) is 1.41. The van der Waals surface area contributed by atoms with E-state index in [9.17, 15) is 4.79 Å². The second-order valence-electron chi connectivity index (χ2n) is 6.87. The first-order valence-electron chi connectivity index (χ1n) is 9.17. The van der Waals surface area contributed by atoms with Crippen molar-refractivity contribution in [1.29, 1.82) is 0 Å². The summed E-state index contributed by atoms with van der Waals surface area (Å²) in [5, 5.41) is 9.77. The van der Waals surface area contributed by atoms with E-state index in [1.165, 1.54) is 0 Å². The molecule has 0 bridgehead atoms. The van der Waals surface area contributed by atoms with Crippen LogP contribution in [0.25, 0.3) is 10.6 Å². The van der Waals surface area contributed by atoms with E-state index < -0.39 is 5.41 Å². The molecular formula is C21H23N3O2S. The van der Waals surface area contributed by atoms with E-state index in [-0.39, 0.29) is 5.91 Å². The Morgan fingerprint density at radius 2 is 2.00 bits per heavy atom. The van der Waals surface area contributed by atoms with Crippen molar-refractivity contribution in [1.82, 2.24) is 15.1 Å². The average molecular weight is 382 g/mol. The normalized spacial score (nSPS) is 16.2. The molecule has 2 aromatic heterocycles. The number of hydrogen-bond acceptors (Lipinski definition) is 4. The number of benzene rings is 1. The zero-order valence-corrected chi connectivity index (χ0v) is 16.2. The molecule has 1 fully saturated rings. The molecular weight excluding hydrogens is 358 g/mol. The summed E-state index contributed by atoms with van der Waals surface area (Å²) in [7, 11) is 1.92. The van der Waals surface area contributed by atoms with Crippen molar-refractivity contribution >= 4 is 17.2 Å². The van der Waals surface area contributed by atoms with Crippen molar-refractivity contribution in [2.45, 2.75) is 24.8 Å². The van der Waals surface area contributed by atoms with Crippen LogP contribution in [0.15, 0.2) is 53.9 Å². The lowest BCUT2D eigenvalue weighted by atomic mass is 9.73. The summed E-state index contributed by atoms with van der Waals surface area (Å²) >= 11 is 1.66. The maximum Gasteiger partial charge on any atom is 0.231 e. The molecule has 0 aliphatic carbocycles. The Labute approximate surface area is 163 Å². The first-order chi connectivity index (χ1) is 13.2. The minimum absolute atomic E-state index is 0.0656. The van der Waals surface area contributed by atoms with Crippen molar-refractivity contribution < 1.29 is 9.53 Å². The minimum atomic E-state index is -0.519. The number of rotatable bonds is 5. The monoisotopic (exact) mass is 381 g/mol. The lowest BCUT2D eigenvalue weighted by Crippen LogP contribution is -2.47. The number of thiophene rings is 1. The molecule has 3 heterocycles. The van der Waals surface area contributed by atoms with Crippen molar-refractivity contribution in [3.8, 4) is 10.6 Å². The van der Waals surface area contributed by atoms with Crippen LogP contribution in [0.2, 0.25) is 0 Å². The molecule has 27 heavy (non-hydrogen) atoms. The van der Waals surface area contributed by atoms with Crippen LogP contribution >= 0.6 is 11.3 Å². The van der Waals surface area contributed by atoms with Crippen LogP contribution in [0.3, 0.4) is 0 Å². The van der Waals surface area contributed by atoms with E-state index >= 15 is 0 Å². The quantitative estimate of drug-likeness (QED) is 0.736. The van der Waals surface area contributed by atoms with Crippen LogP contribution < -0.4 is 5.32 Å². The fourth-order valence-corrected chi connectivity index (χ4v) is 4.36. The Kier molecular flexibility index (Phi) is 5.09. The van der Waals surface area contributed by atoms with E-state index in [4.69, 9.17) is 4.74 Å². The molecule has 1 saturated heterocycles. The molecule has 5 nitrogen and oxygen atoms in total. The van der Waals surface area contributed by atoms with Gasteiger partial charge >= 0.3 is 0 Å². The van der Waals surface area contributed by atoms with Crippen LogP contribution in [0.1, 0.15) is 24.1 Å². The molecule has 140 valence electrons. The molecule has 1 amide bonds. The van der Waals surface area contributed by atoms with Crippen LogP contribution in [0.5, 0.6) is 0 Å². The summed E-state index contributed by atoms with van der Waals surface area (Å²) < 4.78 is 7.37. The molecule has 0 radical (unpaired) electrons. The fraction of sp³-hybridized carbons (Fsp3) is 0.333. The highest BCUT2D eigenvalue weighted by Crippen LogP contribution is 2.35. The third kappa shape index (κ3) is 3.55. The largest absolute Gasteiger partial charge is 0.381 e. The number of aryl methyl sites for hydroxylation is 1. The van der Waals surface area contributed by atoms with Crippen LogP contribution in [-0.2, 0) is 28.5 Å². The molecule has 1 N–H and O–H groups in total. The van der Waals surface area contributed by atoms with Gasteiger partial charge in [-0.2, -0.15) is 5.10 Å². The number of aromatic nitrogens is 2. The topological polar surface area (TPSA) is 56.2 Å². The smallest absolute Gasteiger partial charge is 0.231 e. The third-order valence-electron chi connectivity index (χ3n) is 5.29. The molecule has 6 heteroatoms. The van der Waals surface area contributed by atoms with Gasteiger partial charge in [0.1, 0.15) is 5.69 Å². The number of nitrogens with one attached hydrogen (secondary N) is 1. The van der Waals surface area contributed by atoms with Gasteiger partial charge in [-0.25, -0.2) is 0 Å². The van der Waals surface area contributed by atoms with Crippen LogP contribution in [0, 0.1) is 0 Å². The van der Waals surface area contributed by atoms with Gasteiger partial charge < -0.3 is 10.1 Å². The van der Waals surface area contributed by atoms with Gasteiger partial charge in [-0.3, -0.25) is 9.48 Å². The van der Waals surface area contributed by atoms with Crippen LogP contribution in [-0.4, -0.2) is 28.9 Å². The Morgan fingerprint density at radius 3 is 2.70 bits per heavy atom. The molecule has 0 spiro atoms. The zero-order chi connectivity index (χ0) is 18.7. The van der Waals surface area contributed by atoms with E-state index in [2.05, 4.69) is 16.5 Å². The number of nitrogens with zero attached hydrogens (tertiary/aromatic N) is 2. The predicted molar refractivity (Wildman–Crippen MR) is 107 cm³/mol. The highest BCUT2D eigenvalue weighted by Gasteiger charge is 2.41. The lowest BCUT2D eigenvalue weighted by molar-refractivity contribution is -0.130. The summed E-state index contributed by atoms with van der Waals surface area (Å²) in [6, 6.07) is 16.2. The van der Waals surface area contributed by atoms with Gasteiger partial charge in [0.2, 0.25) is 5.91 Å². The maximum atomic E-state index is 13.2. The second kappa shape index (κ2) is 7.66. The molecule has 1 aromatic carbocycles. The van der Waals surface area contributed by atoms with Gasteiger partial charge in [-0.05, 0) is 35.9 Å². The standard InChI is InChI=1S/C21H23N3O2S/c1-24-17(14-18(23-24)19-8-5-13-27-19)15-22-20(25)21(9-11-26-12-10-21)16-6-3-2-4-7-16/h2-8,13-14H,9-12,15H2,1H3,(H,22,25).